The van der Waals surface area contributed by atoms with Crippen molar-refractivity contribution < 1.29 is 27.4 Å². The fourth-order valence-electron chi connectivity index (χ4n) is 3.32. The van der Waals surface area contributed by atoms with E-state index in [2.05, 4.69) is 20.9 Å². The molecule has 0 saturated heterocycles. The summed E-state index contributed by atoms with van der Waals surface area (Å²) < 4.78 is 52.5. The van der Waals surface area contributed by atoms with Gasteiger partial charge in [0.2, 0.25) is 15.7 Å². The van der Waals surface area contributed by atoms with Crippen molar-refractivity contribution >= 4 is 25.8 Å². The van der Waals surface area contributed by atoms with Crippen LogP contribution in [0.5, 0.6) is 5.88 Å². The Kier molecular flexibility index (Phi) is 8.01. The number of aromatic hydroxyl groups is 1. The van der Waals surface area contributed by atoms with Gasteiger partial charge in [0.1, 0.15) is 18.2 Å². The van der Waals surface area contributed by atoms with Gasteiger partial charge in [-0.2, -0.15) is 4.98 Å². The number of benzene rings is 2. The molecule has 0 aliphatic carbocycles. The molecule has 0 amide bonds. The van der Waals surface area contributed by atoms with E-state index in [1.54, 1.807) is 37.3 Å². The summed E-state index contributed by atoms with van der Waals surface area (Å²) in [5.41, 5.74) is -0.365. The van der Waals surface area contributed by atoms with E-state index >= 15 is 0 Å². The largest absolute Gasteiger partial charge is 0.492 e. The minimum Gasteiger partial charge on any atom is -0.492 e. The van der Waals surface area contributed by atoms with Gasteiger partial charge in [0.15, 0.2) is 4.90 Å². The summed E-state index contributed by atoms with van der Waals surface area (Å²) in [4.78, 5) is 16.1. The van der Waals surface area contributed by atoms with E-state index < -0.39 is 42.9 Å². The molecule has 176 valence electrons. The number of halogens is 2. The fraction of sp³-hybridized carbons (Fsp3) is 0.273. The second-order valence-corrected chi connectivity index (χ2v) is 9.70. The molecule has 2 aromatic carbocycles. The Bertz CT molecular complexity index is 1300. The summed E-state index contributed by atoms with van der Waals surface area (Å²) in [7, 11) is -3.17. The quantitative estimate of drug-likeness (QED) is 0.442. The van der Waals surface area contributed by atoms with E-state index in [1.807, 2.05) is 0 Å². The molecular weight excluding hydrogens is 519 g/mol. The molecule has 3 aromatic rings. The van der Waals surface area contributed by atoms with Crippen molar-refractivity contribution in [3.8, 4) is 5.88 Å². The lowest BCUT2D eigenvalue weighted by atomic mass is 10.1. The zero-order valence-electron chi connectivity index (χ0n) is 17.9. The summed E-state index contributed by atoms with van der Waals surface area (Å²) in [5.74, 6) is -1.80. The molecule has 0 aliphatic heterocycles. The third-order valence-electron chi connectivity index (χ3n) is 4.86. The summed E-state index contributed by atoms with van der Waals surface area (Å²) in [6.07, 6.45) is 0. The van der Waals surface area contributed by atoms with Crippen LogP contribution in [0.2, 0.25) is 0 Å². The second-order valence-electron chi connectivity index (χ2n) is 6.95. The number of rotatable bonds is 9. The molecule has 0 saturated carbocycles. The monoisotopic (exact) mass is 540 g/mol. The number of hydrogen-bond acceptors (Lipinski definition) is 7. The predicted molar refractivity (Wildman–Crippen MR) is 122 cm³/mol. The van der Waals surface area contributed by atoms with Gasteiger partial charge in [0.05, 0.1) is 22.0 Å². The smallest absolute Gasteiger partial charge is 0.277 e. The van der Waals surface area contributed by atoms with Crippen LogP contribution in [0.3, 0.4) is 0 Å². The predicted octanol–water partition coefficient (Wildman–Crippen LogP) is 3.46. The van der Waals surface area contributed by atoms with Gasteiger partial charge in [0, 0.05) is 13.7 Å². The first-order valence-corrected chi connectivity index (χ1v) is 12.2. The Balaban J connectivity index is 2.31. The van der Waals surface area contributed by atoms with E-state index in [9.17, 15) is 22.7 Å². The Morgan fingerprint density at radius 2 is 1.91 bits per heavy atom. The van der Waals surface area contributed by atoms with Crippen LogP contribution in [0, 0.1) is 5.82 Å². The average Bonchev–Trinajstić information content (AvgIpc) is 2.78. The van der Waals surface area contributed by atoms with Crippen LogP contribution in [0.15, 0.2) is 67.6 Å². The van der Waals surface area contributed by atoms with Crippen LogP contribution in [0.25, 0.3) is 0 Å². The maximum absolute atomic E-state index is 14.1. The molecule has 8 nitrogen and oxygen atoms in total. The standard InChI is InChI=1S/C22H22BrFN2O6S/c1-3-32-13-19-25-21(27)20(33(29,30)15-9-10-16(23)17(24)11-15)22(28)26(19)18(12-31-2)14-7-5-4-6-8-14/h4-11,18,27H,3,12-13H2,1-2H3. The lowest BCUT2D eigenvalue weighted by molar-refractivity contribution is 0.116. The summed E-state index contributed by atoms with van der Waals surface area (Å²) in [5, 5.41) is 10.5. The van der Waals surface area contributed by atoms with Crippen molar-refractivity contribution in [1.29, 1.82) is 0 Å². The summed E-state index contributed by atoms with van der Waals surface area (Å²) in [6, 6.07) is 11.2. The molecule has 1 heterocycles. The Hall–Kier alpha value is -2.60. The van der Waals surface area contributed by atoms with Crippen molar-refractivity contribution in [2.24, 2.45) is 0 Å². The van der Waals surface area contributed by atoms with Crippen LogP contribution in [-0.4, -0.2) is 43.4 Å². The normalized spacial score (nSPS) is 12.6. The molecule has 0 radical (unpaired) electrons. The molecule has 0 fully saturated rings. The van der Waals surface area contributed by atoms with Gasteiger partial charge in [0.25, 0.3) is 5.56 Å². The molecule has 33 heavy (non-hydrogen) atoms. The highest BCUT2D eigenvalue weighted by Crippen LogP contribution is 2.29. The van der Waals surface area contributed by atoms with Crippen molar-refractivity contribution in [1.82, 2.24) is 9.55 Å². The topological polar surface area (TPSA) is 108 Å². The van der Waals surface area contributed by atoms with Crippen molar-refractivity contribution in [2.75, 3.05) is 20.3 Å². The van der Waals surface area contributed by atoms with Gasteiger partial charge in [-0.25, -0.2) is 12.8 Å². The van der Waals surface area contributed by atoms with E-state index in [0.717, 1.165) is 16.7 Å². The highest BCUT2D eigenvalue weighted by Gasteiger charge is 2.32. The number of ether oxygens (including phenoxy) is 2. The third kappa shape index (κ3) is 5.16. The second kappa shape index (κ2) is 10.6. The third-order valence-corrected chi connectivity index (χ3v) is 7.27. The maximum atomic E-state index is 14.1. The number of nitrogens with zero attached hydrogens (tertiary/aromatic N) is 2. The first-order valence-electron chi connectivity index (χ1n) is 9.88. The maximum Gasteiger partial charge on any atom is 0.277 e. The van der Waals surface area contributed by atoms with Crippen molar-refractivity contribution in [2.45, 2.75) is 29.4 Å². The van der Waals surface area contributed by atoms with E-state index in [1.165, 1.54) is 13.2 Å². The molecule has 1 aromatic heterocycles. The number of methoxy groups -OCH3 is 1. The zero-order chi connectivity index (χ0) is 24.2. The van der Waals surface area contributed by atoms with E-state index in [-0.39, 0.29) is 23.5 Å². The van der Waals surface area contributed by atoms with Crippen LogP contribution in [0.4, 0.5) is 4.39 Å². The average molecular weight is 541 g/mol. The molecule has 3 rings (SSSR count). The Labute approximate surface area is 198 Å². The van der Waals surface area contributed by atoms with Crippen molar-refractivity contribution in [3.63, 3.8) is 0 Å². The first-order chi connectivity index (χ1) is 15.7. The molecule has 0 spiro atoms. The fourth-order valence-corrected chi connectivity index (χ4v) is 4.92. The molecule has 11 heteroatoms. The zero-order valence-corrected chi connectivity index (χ0v) is 20.3. The van der Waals surface area contributed by atoms with Crippen LogP contribution < -0.4 is 5.56 Å². The van der Waals surface area contributed by atoms with Crippen LogP contribution in [-0.2, 0) is 25.9 Å². The molecule has 0 aliphatic rings. The molecule has 1 unspecified atom stereocenters. The summed E-state index contributed by atoms with van der Waals surface area (Å²) >= 11 is 2.96. The number of hydrogen-bond donors (Lipinski definition) is 1. The highest BCUT2D eigenvalue weighted by molar-refractivity contribution is 9.10. The van der Waals surface area contributed by atoms with Gasteiger partial charge < -0.3 is 14.6 Å². The number of sulfone groups is 1. The Morgan fingerprint density at radius 3 is 2.52 bits per heavy atom. The van der Waals surface area contributed by atoms with Crippen LogP contribution in [0.1, 0.15) is 24.4 Å². The highest BCUT2D eigenvalue weighted by atomic mass is 79.9. The van der Waals surface area contributed by atoms with Gasteiger partial charge in [-0.3, -0.25) is 9.36 Å². The lowest BCUT2D eigenvalue weighted by Gasteiger charge is -2.23. The van der Waals surface area contributed by atoms with Gasteiger partial charge in [-0.15, -0.1) is 0 Å². The SMILES string of the molecule is CCOCc1nc(O)c(S(=O)(=O)c2ccc(Br)c(F)c2)c(=O)n1C(COC)c1ccccc1. The minimum atomic E-state index is -4.62. The van der Waals surface area contributed by atoms with Crippen molar-refractivity contribution in [3.05, 3.63) is 80.6 Å². The minimum absolute atomic E-state index is 0.0158. The van der Waals surface area contributed by atoms with Gasteiger partial charge >= 0.3 is 0 Å². The Morgan fingerprint density at radius 1 is 1.21 bits per heavy atom. The van der Waals surface area contributed by atoms with Crippen LogP contribution >= 0.6 is 15.9 Å². The lowest BCUT2D eigenvalue weighted by Crippen LogP contribution is -2.35. The van der Waals surface area contributed by atoms with E-state index in [0.29, 0.717) is 12.2 Å². The first kappa shape index (κ1) is 25.0. The number of aromatic nitrogens is 2. The summed E-state index contributed by atoms with van der Waals surface area (Å²) in [6.45, 7) is 1.91. The van der Waals surface area contributed by atoms with Gasteiger partial charge in [-0.05, 0) is 46.6 Å². The van der Waals surface area contributed by atoms with Gasteiger partial charge in [-0.1, -0.05) is 30.3 Å². The molecular formula is C22H22BrFN2O6S. The molecule has 0 bridgehead atoms. The molecule has 1 N–H and O–H groups in total. The van der Waals surface area contributed by atoms with E-state index in [4.69, 9.17) is 9.47 Å². The molecule has 1 atom stereocenters.